The molecule has 28 heavy (non-hydrogen) atoms. The summed E-state index contributed by atoms with van der Waals surface area (Å²) in [5.41, 5.74) is 1.22. The predicted octanol–water partition coefficient (Wildman–Crippen LogP) is 2.58. The van der Waals surface area contributed by atoms with E-state index in [-0.39, 0.29) is 21.5 Å². The number of nitrogens with zero attached hydrogens (tertiary/aromatic N) is 2. The number of hydrogen-bond donors (Lipinski definition) is 2. The fourth-order valence-electron chi connectivity index (χ4n) is 2.55. The molecule has 1 heterocycles. The topological polar surface area (TPSA) is 124 Å². The SMILES string of the molecule is CC(C)n1cc(S(=O)(=O)Nc2ccc(S(N)(=O)=O)cc2)c(-c2ccccc2)n1. The lowest BCUT2D eigenvalue weighted by Gasteiger charge is -2.09. The van der Waals surface area contributed by atoms with Crippen molar-refractivity contribution in [1.82, 2.24) is 9.78 Å². The summed E-state index contributed by atoms with van der Waals surface area (Å²) in [4.78, 5) is -0.0732. The predicted molar refractivity (Wildman–Crippen MR) is 107 cm³/mol. The standard InChI is InChI=1S/C18H20N4O4S2/c1-13(2)22-12-17(18(20-22)14-6-4-3-5-7-14)28(25,26)21-15-8-10-16(11-9-15)27(19,23)24/h3-13,21H,1-2H3,(H2,19,23,24). The lowest BCUT2D eigenvalue weighted by molar-refractivity contribution is 0.532. The molecule has 0 unspecified atom stereocenters. The number of rotatable bonds is 6. The maximum absolute atomic E-state index is 13.0. The van der Waals surface area contributed by atoms with Crippen molar-refractivity contribution in [2.24, 2.45) is 5.14 Å². The molecule has 0 saturated heterocycles. The second-order valence-corrected chi connectivity index (χ2v) is 9.67. The van der Waals surface area contributed by atoms with Gasteiger partial charge in [0, 0.05) is 23.5 Å². The highest BCUT2D eigenvalue weighted by Gasteiger charge is 2.24. The van der Waals surface area contributed by atoms with E-state index < -0.39 is 20.0 Å². The molecule has 1 aromatic heterocycles. The summed E-state index contributed by atoms with van der Waals surface area (Å²) in [7, 11) is -7.82. The number of primary sulfonamides is 1. The van der Waals surface area contributed by atoms with Gasteiger partial charge in [0.2, 0.25) is 10.0 Å². The van der Waals surface area contributed by atoms with Gasteiger partial charge in [0.1, 0.15) is 10.6 Å². The molecule has 10 heteroatoms. The number of hydrogen-bond acceptors (Lipinski definition) is 5. The molecule has 3 rings (SSSR count). The highest BCUT2D eigenvalue weighted by atomic mass is 32.2. The summed E-state index contributed by atoms with van der Waals surface area (Å²) >= 11 is 0. The van der Waals surface area contributed by atoms with Gasteiger partial charge < -0.3 is 0 Å². The van der Waals surface area contributed by atoms with E-state index in [0.717, 1.165) is 0 Å². The molecular formula is C18H20N4O4S2. The van der Waals surface area contributed by atoms with Crippen LogP contribution < -0.4 is 9.86 Å². The van der Waals surface area contributed by atoms with Crippen molar-refractivity contribution in [2.45, 2.75) is 29.7 Å². The van der Waals surface area contributed by atoms with Crippen molar-refractivity contribution in [3.05, 3.63) is 60.8 Å². The molecule has 0 bridgehead atoms. The molecule has 0 radical (unpaired) electrons. The molecule has 2 aromatic carbocycles. The summed E-state index contributed by atoms with van der Waals surface area (Å²) in [5.74, 6) is 0. The van der Waals surface area contributed by atoms with Gasteiger partial charge in [-0.25, -0.2) is 22.0 Å². The third-order valence-electron chi connectivity index (χ3n) is 4.00. The maximum Gasteiger partial charge on any atom is 0.265 e. The summed E-state index contributed by atoms with van der Waals surface area (Å²) < 4.78 is 52.7. The average Bonchev–Trinajstić information content (AvgIpc) is 3.09. The first kappa shape index (κ1) is 20.1. The van der Waals surface area contributed by atoms with Gasteiger partial charge in [0.25, 0.3) is 10.0 Å². The van der Waals surface area contributed by atoms with E-state index in [0.29, 0.717) is 11.3 Å². The molecule has 148 valence electrons. The minimum absolute atomic E-state index is 0.0274. The van der Waals surface area contributed by atoms with Crippen LogP contribution in [-0.4, -0.2) is 26.6 Å². The van der Waals surface area contributed by atoms with Gasteiger partial charge in [0.15, 0.2) is 0 Å². The quantitative estimate of drug-likeness (QED) is 0.634. The number of nitrogens with two attached hydrogens (primary N) is 1. The van der Waals surface area contributed by atoms with Crippen molar-refractivity contribution in [1.29, 1.82) is 0 Å². The van der Waals surface area contributed by atoms with Gasteiger partial charge in [-0.2, -0.15) is 5.10 Å². The molecule has 3 aromatic rings. The molecule has 0 saturated carbocycles. The van der Waals surface area contributed by atoms with Crippen LogP contribution in [0.3, 0.4) is 0 Å². The Kier molecular flexibility index (Phi) is 5.28. The van der Waals surface area contributed by atoms with Crippen molar-refractivity contribution < 1.29 is 16.8 Å². The molecule has 0 fully saturated rings. The van der Waals surface area contributed by atoms with E-state index >= 15 is 0 Å². The smallest absolute Gasteiger partial charge is 0.265 e. The number of aromatic nitrogens is 2. The summed E-state index contributed by atoms with van der Waals surface area (Å²) in [6.45, 7) is 3.80. The Bertz CT molecular complexity index is 1180. The molecule has 0 aliphatic heterocycles. The molecular weight excluding hydrogens is 400 g/mol. The Balaban J connectivity index is 2.02. The van der Waals surface area contributed by atoms with Crippen molar-refractivity contribution in [3.8, 4) is 11.3 Å². The first-order chi connectivity index (χ1) is 13.1. The molecule has 0 aliphatic carbocycles. The molecule has 0 amide bonds. The zero-order chi connectivity index (χ0) is 20.5. The molecule has 0 aliphatic rings. The monoisotopic (exact) mass is 420 g/mol. The fourth-order valence-corrected chi connectivity index (χ4v) is 4.29. The van der Waals surface area contributed by atoms with Crippen LogP contribution in [0.2, 0.25) is 0 Å². The van der Waals surface area contributed by atoms with Gasteiger partial charge in [-0.1, -0.05) is 30.3 Å². The number of sulfonamides is 2. The van der Waals surface area contributed by atoms with Crippen molar-refractivity contribution in [2.75, 3.05) is 4.72 Å². The van der Waals surface area contributed by atoms with E-state index in [4.69, 9.17) is 5.14 Å². The first-order valence-corrected chi connectivity index (χ1v) is 11.4. The normalized spacial score (nSPS) is 12.3. The number of benzene rings is 2. The molecule has 0 spiro atoms. The van der Waals surface area contributed by atoms with Crippen LogP contribution in [0.1, 0.15) is 19.9 Å². The van der Waals surface area contributed by atoms with Gasteiger partial charge in [0.05, 0.1) is 4.90 Å². The van der Waals surface area contributed by atoms with Crippen LogP contribution in [0, 0.1) is 0 Å². The maximum atomic E-state index is 13.0. The Labute approximate surface area is 164 Å². The summed E-state index contributed by atoms with van der Waals surface area (Å²) in [6, 6.07) is 14.1. The lowest BCUT2D eigenvalue weighted by atomic mass is 10.2. The number of nitrogens with one attached hydrogen (secondary N) is 1. The van der Waals surface area contributed by atoms with Gasteiger partial charge in [-0.3, -0.25) is 9.40 Å². The van der Waals surface area contributed by atoms with Gasteiger partial charge in [-0.15, -0.1) is 0 Å². The Hall–Kier alpha value is -2.69. The van der Waals surface area contributed by atoms with E-state index in [1.54, 1.807) is 28.9 Å². The largest absolute Gasteiger partial charge is 0.280 e. The van der Waals surface area contributed by atoms with E-state index in [2.05, 4.69) is 9.82 Å². The van der Waals surface area contributed by atoms with Gasteiger partial charge >= 0.3 is 0 Å². The second kappa shape index (κ2) is 7.38. The zero-order valence-electron chi connectivity index (χ0n) is 15.3. The minimum atomic E-state index is -3.97. The molecule has 8 nitrogen and oxygen atoms in total. The van der Waals surface area contributed by atoms with E-state index in [1.165, 1.54) is 30.5 Å². The van der Waals surface area contributed by atoms with Crippen LogP contribution in [0.5, 0.6) is 0 Å². The van der Waals surface area contributed by atoms with Crippen LogP contribution in [0.15, 0.2) is 70.6 Å². The van der Waals surface area contributed by atoms with E-state index in [1.807, 2.05) is 19.9 Å². The Morgan fingerprint density at radius 2 is 1.57 bits per heavy atom. The third-order valence-corrected chi connectivity index (χ3v) is 6.31. The number of anilines is 1. The second-order valence-electron chi connectivity index (χ2n) is 6.46. The summed E-state index contributed by atoms with van der Waals surface area (Å²) in [6.07, 6.45) is 1.48. The lowest BCUT2D eigenvalue weighted by Crippen LogP contribution is -2.14. The molecule has 0 atom stereocenters. The third kappa shape index (κ3) is 4.24. The fraction of sp³-hybridized carbons (Fsp3) is 0.167. The van der Waals surface area contributed by atoms with Crippen LogP contribution >= 0.6 is 0 Å². The Morgan fingerprint density at radius 3 is 2.11 bits per heavy atom. The first-order valence-electron chi connectivity index (χ1n) is 8.38. The van der Waals surface area contributed by atoms with Crippen LogP contribution in [0.25, 0.3) is 11.3 Å². The average molecular weight is 421 g/mol. The highest BCUT2D eigenvalue weighted by Crippen LogP contribution is 2.28. The van der Waals surface area contributed by atoms with Crippen LogP contribution in [-0.2, 0) is 20.0 Å². The Morgan fingerprint density at radius 1 is 0.964 bits per heavy atom. The molecule has 3 N–H and O–H groups in total. The zero-order valence-corrected chi connectivity index (χ0v) is 16.9. The van der Waals surface area contributed by atoms with E-state index in [9.17, 15) is 16.8 Å². The van der Waals surface area contributed by atoms with Crippen molar-refractivity contribution in [3.63, 3.8) is 0 Å². The summed E-state index contributed by atoms with van der Waals surface area (Å²) in [5, 5.41) is 9.50. The minimum Gasteiger partial charge on any atom is -0.280 e. The van der Waals surface area contributed by atoms with Crippen molar-refractivity contribution >= 4 is 25.7 Å². The highest BCUT2D eigenvalue weighted by molar-refractivity contribution is 7.92. The van der Waals surface area contributed by atoms with Gasteiger partial charge in [-0.05, 0) is 38.1 Å². The van der Waals surface area contributed by atoms with Crippen LogP contribution in [0.4, 0.5) is 5.69 Å².